The highest BCUT2D eigenvalue weighted by Gasteiger charge is 2.07. The smallest absolute Gasteiger partial charge is 0.229 e. The fraction of sp³-hybridized carbons (Fsp3) is 0.0667. The van der Waals surface area contributed by atoms with Crippen LogP contribution in [0.25, 0.3) is 21.7 Å². The van der Waals surface area contributed by atoms with E-state index in [1.165, 1.54) is 12.3 Å². The van der Waals surface area contributed by atoms with Crippen LogP contribution in [-0.2, 0) is 10.0 Å². The van der Waals surface area contributed by atoms with Crippen LogP contribution in [0.15, 0.2) is 47.4 Å². The highest BCUT2D eigenvalue weighted by molar-refractivity contribution is 7.92. The number of hydrogen-bond donors (Lipinski definition) is 2. The molecule has 0 fully saturated rings. The third-order valence-electron chi connectivity index (χ3n) is 3.21. The van der Waals surface area contributed by atoms with E-state index in [0.29, 0.717) is 33.1 Å². The van der Waals surface area contributed by atoms with Gasteiger partial charge in [0.25, 0.3) is 0 Å². The summed E-state index contributed by atoms with van der Waals surface area (Å²) >= 11 is 0. The van der Waals surface area contributed by atoms with Crippen LogP contribution in [-0.4, -0.2) is 19.7 Å². The van der Waals surface area contributed by atoms with Crippen molar-refractivity contribution < 1.29 is 8.42 Å². The van der Waals surface area contributed by atoms with E-state index in [9.17, 15) is 13.2 Å². The predicted octanol–water partition coefficient (Wildman–Crippen LogP) is 1.70. The molecule has 3 N–H and O–H groups in total. The molecule has 0 radical (unpaired) electrons. The summed E-state index contributed by atoms with van der Waals surface area (Å²) in [5, 5.41) is 1.49. The molecule has 7 heteroatoms. The van der Waals surface area contributed by atoms with Crippen LogP contribution < -0.4 is 15.9 Å². The Kier molecular flexibility index (Phi) is 3.22. The number of pyridine rings is 1. The lowest BCUT2D eigenvalue weighted by Crippen LogP contribution is -2.10. The Hall–Kier alpha value is -2.67. The van der Waals surface area contributed by atoms with Gasteiger partial charge in [-0.25, -0.2) is 8.42 Å². The first-order valence-electron chi connectivity index (χ1n) is 6.44. The van der Waals surface area contributed by atoms with Crippen molar-refractivity contribution in [3.8, 4) is 0 Å². The van der Waals surface area contributed by atoms with Crippen LogP contribution >= 0.6 is 0 Å². The summed E-state index contributed by atoms with van der Waals surface area (Å²) in [6, 6.07) is 9.89. The van der Waals surface area contributed by atoms with E-state index >= 15 is 0 Å². The molecule has 0 aliphatic rings. The maximum absolute atomic E-state index is 12.7. The summed E-state index contributed by atoms with van der Waals surface area (Å²) in [4.78, 5) is 16.8. The Morgan fingerprint density at radius 1 is 1.09 bits per heavy atom. The topological polar surface area (TPSA) is 102 Å². The number of fused-ring (bicyclic) bond motifs is 2. The second-order valence-corrected chi connectivity index (χ2v) is 6.79. The van der Waals surface area contributed by atoms with Crippen molar-refractivity contribution in [1.82, 2.24) is 4.98 Å². The normalized spacial score (nSPS) is 11.7. The fourth-order valence-electron chi connectivity index (χ4n) is 2.30. The van der Waals surface area contributed by atoms with Gasteiger partial charge in [-0.1, -0.05) is 12.1 Å². The Morgan fingerprint density at radius 2 is 1.82 bits per heavy atom. The van der Waals surface area contributed by atoms with Crippen molar-refractivity contribution in [1.29, 1.82) is 0 Å². The number of nitrogens with two attached hydrogens (primary N) is 1. The molecule has 0 unspecified atom stereocenters. The van der Waals surface area contributed by atoms with E-state index in [0.717, 1.165) is 6.26 Å². The molecule has 2 aromatic carbocycles. The number of hydrogen-bond acceptors (Lipinski definition) is 5. The molecule has 1 heterocycles. The molecule has 22 heavy (non-hydrogen) atoms. The number of sulfonamides is 1. The van der Waals surface area contributed by atoms with Crippen LogP contribution in [0.1, 0.15) is 0 Å². The average Bonchev–Trinajstić information content (AvgIpc) is 2.56. The van der Waals surface area contributed by atoms with Gasteiger partial charge in [0.15, 0.2) is 5.43 Å². The lowest BCUT2D eigenvalue weighted by atomic mass is 10.1. The van der Waals surface area contributed by atoms with Gasteiger partial charge in [0.05, 0.1) is 29.0 Å². The van der Waals surface area contributed by atoms with Crippen LogP contribution in [0.5, 0.6) is 0 Å². The number of rotatable bonds is 2. The number of aromatic nitrogens is 1. The Labute approximate surface area is 126 Å². The highest BCUT2D eigenvalue weighted by atomic mass is 32.2. The lowest BCUT2D eigenvalue weighted by molar-refractivity contribution is 0.607. The van der Waals surface area contributed by atoms with Gasteiger partial charge in [0.1, 0.15) is 0 Å². The first-order chi connectivity index (χ1) is 10.3. The number of nitrogen functional groups attached to an aromatic ring is 1. The largest absolute Gasteiger partial charge is 0.397 e. The molecule has 0 saturated carbocycles. The fourth-order valence-corrected chi connectivity index (χ4v) is 2.85. The third-order valence-corrected chi connectivity index (χ3v) is 3.81. The van der Waals surface area contributed by atoms with Crippen molar-refractivity contribution in [2.45, 2.75) is 0 Å². The monoisotopic (exact) mass is 315 g/mol. The number of nitrogens with zero attached hydrogens (tertiary/aromatic N) is 1. The molecular formula is C15H13N3O3S. The maximum Gasteiger partial charge on any atom is 0.229 e. The summed E-state index contributed by atoms with van der Waals surface area (Å²) in [6.07, 6.45) is 2.55. The summed E-state index contributed by atoms with van der Waals surface area (Å²) < 4.78 is 25.0. The van der Waals surface area contributed by atoms with E-state index < -0.39 is 10.0 Å². The van der Waals surface area contributed by atoms with Crippen LogP contribution in [0.2, 0.25) is 0 Å². The van der Waals surface area contributed by atoms with E-state index in [1.54, 1.807) is 30.3 Å². The zero-order valence-corrected chi connectivity index (χ0v) is 12.5. The molecule has 3 aromatic rings. The minimum Gasteiger partial charge on any atom is -0.397 e. The molecule has 0 bridgehead atoms. The minimum atomic E-state index is -3.41. The van der Waals surface area contributed by atoms with Crippen LogP contribution in [0, 0.1) is 0 Å². The van der Waals surface area contributed by atoms with Crippen LogP contribution in [0.4, 0.5) is 11.4 Å². The van der Waals surface area contributed by atoms with E-state index in [1.807, 2.05) is 0 Å². The Balaban J connectivity index is 2.38. The summed E-state index contributed by atoms with van der Waals surface area (Å²) in [6.45, 7) is 0. The third kappa shape index (κ3) is 2.71. The van der Waals surface area contributed by atoms with Gasteiger partial charge >= 0.3 is 0 Å². The molecule has 3 rings (SSSR count). The quantitative estimate of drug-likeness (QED) is 0.749. The molecule has 6 nitrogen and oxygen atoms in total. The molecule has 0 saturated heterocycles. The molecule has 0 amide bonds. The van der Waals surface area contributed by atoms with E-state index in [-0.39, 0.29) is 5.43 Å². The zero-order chi connectivity index (χ0) is 15.9. The van der Waals surface area contributed by atoms with Crippen molar-refractivity contribution in [3.05, 3.63) is 52.8 Å². The molecule has 0 aliphatic heterocycles. The second kappa shape index (κ2) is 4.96. The van der Waals surface area contributed by atoms with Crippen molar-refractivity contribution in [2.75, 3.05) is 16.7 Å². The number of benzene rings is 1. The maximum atomic E-state index is 12.7. The summed E-state index contributed by atoms with van der Waals surface area (Å²) in [7, 11) is -3.41. The van der Waals surface area contributed by atoms with Crippen molar-refractivity contribution in [2.24, 2.45) is 0 Å². The Bertz CT molecular complexity index is 1060. The zero-order valence-electron chi connectivity index (χ0n) is 11.7. The van der Waals surface area contributed by atoms with Gasteiger partial charge in [-0.3, -0.25) is 14.5 Å². The number of anilines is 2. The SMILES string of the molecule is CS(=O)(=O)Nc1ccc2ccc3ncc(N)cc3c(=O)c2c1. The molecule has 0 spiro atoms. The van der Waals surface area contributed by atoms with E-state index in [2.05, 4.69) is 9.71 Å². The molecule has 112 valence electrons. The van der Waals surface area contributed by atoms with E-state index in [4.69, 9.17) is 5.73 Å². The highest BCUT2D eigenvalue weighted by Crippen LogP contribution is 2.19. The summed E-state index contributed by atoms with van der Waals surface area (Å²) in [5.41, 5.74) is 6.72. The minimum absolute atomic E-state index is 0.244. The average molecular weight is 315 g/mol. The van der Waals surface area contributed by atoms with Gasteiger partial charge in [0.2, 0.25) is 10.0 Å². The standard InChI is InChI=1S/C15H13N3O3S/c1-22(20,21)18-11-4-2-9-3-5-14-13(6-10(16)8-17-14)15(19)12(9)7-11/h2-8,18H,16H2,1H3. The predicted molar refractivity (Wildman–Crippen MR) is 88.4 cm³/mol. The second-order valence-electron chi connectivity index (χ2n) is 5.04. The van der Waals surface area contributed by atoms with Crippen molar-refractivity contribution in [3.63, 3.8) is 0 Å². The van der Waals surface area contributed by atoms with Crippen LogP contribution in [0.3, 0.4) is 0 Å². The molecule has 0 aliphatic carbocycles. The molecule has 0 atom stereocenters. The lowest BCUT2D eigenvalue weighted by Gasteiger charge is -2.03. The Morgan fingerprint density at radius 3 is 2.55 bits per heavy atom. The van der Waals surface area contributed by atoms with Gasteiger partial charge < -0.3 is 5.73 Å². The molecule has 1 aromatic heterocycles. The van der Waals surface area contributed by atoms with Crippen molar-refractivity contribution >= 4 is 43.1 Å². The van der Waals surface area contributed by atoms with Gasteiger partial charge in [-0.2, -0.15) is 0 Å². The van der Waals surface area contributed by atoms with Gasteiger partial charge in [0, 0.05) is 11.1 Å². The van der Waals surface area contributed by atoms with Gasteiger partial charge in [-0.05, 0) is 29.7 Å². The molecular weight excluding hydrogens is 302 g/mol. The summed E-state index contributed by atoms with van der Waals surface area (Å²) in [5.74, 6) is 0. The number of nitrogens with one attached hydrogen (secondary N) is 1. The first kappa shape index (κ1) is 14.3. The van der Waals surface area contributed by atoms with Gasteiger partial charge in [-0.15, -0.1) is 0 Å². The first-order valence-corrected chi connectivity index (χ1v) is 8.33.